The molecule has 0 aromatic carbocycles. The quantitative estimate of drug-likeness (QED) is 0.707. The van der Waals surface area contributed by atoms with Crippen LogP contribution in [0.1, 0.15) is 72.1 Å². The van der Waals surface area contributed by atoms with Gasteiger partial charge in [-0.3, -0.25) is 0 Å². The maximum atomic E-state index is 8.93. The van der Waals surface area contributed by atoms with Gasteiger partial charge in [-0.1, -0.05) is 25.7 Å². The van der Waals surface area contributed by atoms with Crippen molar-refractivity contribution in [2.75, 3.05) is 6.54 Å². The molecule has 98 valence electrons. The summed E-state index contributed by atoms with van der Waals surface area (Å²) >= 11 is 0. The largest absolute Gasteiger partial charge is 0.312 e. The second-order valence-electron chi connectivity index (χ2n) is 6.50. The molecule has 0 unspecified atom stereocenters. The first-order valence-corrected chi connectivity index (χ1v) is 7.14. The van der Waals surface area contributed by atoms with E-state index in [1.54, 1.807) is 0 Å². The summed E-state index contributed by atoms with van der Waals surface area (Å²) < 4.78 is 0. The number of rotatable bonds is 6. The minimum Gasteiger partial charge on any atom is -0.312 e. The smallest absolute Gasteiger partial charge is 0.0683 e. The lowest BCUT2D eigenvalue weighted by atomic mass is 9.83. The summed E-state index contributed by atoms with van der Waals surface area (Å²) in [5.74, 6) is 0. The monoisotopic (exact) mass is 236 g/mol. The second kappa shape index (κ2) is 6.40. The highest BCUT2D eigenvalue weighted by Gasteiger charge is 2.25. The Bertz CT molecular complexity index is 257. The SMILES string of the molecule is CC(C)(C#N)CCCCNC1(C)CCCCC1. The van der Waals surface area contributed by atoms with E-state index in [1.807, 2.05) is 13.8 Å². The third kappa shape index (κ3) is 5.55. The van der Waals surface area contributed by atoms with E-state index in [1.165, 1.54) is 38.5 Å². The average molecular weight is 236 g/mol. The van der Waals surface area contributed by atoms with Crippen molar-refractivity contribution in [1.29, 1.82) is 5.26 Å². The van der Waals surface area contributed by atoms with Crippen molar-refractivity contribution in [1.82, 2.24) is 5.32 Å². The maximum Gasteiger partial charge on any atom is 0.0683 e. The predicted octanol–water partition coefficient (Wildman–Crippen LogP) is 4.02. The highest BCUT2D eigenvalue weighted by molar-refractivity contribution is 4.91. The third-order valence-corrected chi connectivity index (χ3v) is 4.04. The Labute approximate surface area is 107 Å². The zero-order chi connectivity index (χ0) is 12.8. The summed E-state index contributed by atoms with van der Waals surface area (Å²) in [6, 6.07) is 2.37. The van der Waals surface area contributed by atoms with Crippen molar-refractivity contribution in [3.05, 3.63) is 0 Å². The van der Waals surface area contributed by atoms with Crippen LogP contribution in [0.25, 0.3) is 0 Å². The van der Waals surface area contributed by atoms with Crippen LogP contribution in [0.4, 0.5) is 0 Å². The first-order chi connectivity index (χ1) is 7.97. The van der Waals surface area contributed by atoms with Crippen LogP contribution in [0, 0.1) is 16.7 Å². The fraction of sp³-hybridized carbons (Fsp3) is 0.933. The van der Waals surface area contributed by atoms with E-state index >= 15 is 0 Å². The van der Waals surface area contributed by atoms with E-state index in [-0.39, 0.29) is 5.41 Å². The standard InChI is InChI=1S/C15H28N2/c1-14(2,13-16)9-7-8-12-17-15(3)10-5-4-6-11-15/h17H,4-12H2,1-3H3. The minimum absolute atomic E-state index is 0.144. The van der Waals surface area contributed by atoms with Crippen molar-refractivity contribution >= 4 is 0 Å². The number of nitrogens with one attached hydrogen (secondary N) is 1. The van der Waals surface area contributed by atoms with Crippen molar-refractivity contribution in [3.8, 4) is 6.07 Å². The lowest BCUT2D eigenvalue weighted by Gasteiger charge is -2.35. The lowest BCUT2D eigenvalue weighted by Crippen LogP contribution is -2.44. The molecule has 1 aliphatic carbocycles. The molecule has 1 fully saturated rings. The number of nitriles is 1. The van der Waals surface area contributed by atoms with E-state index in [0.29, 0.717) is 5.54 Å². The molecule has 0 radical (unpaired) electrons. The molecule has 0 spiro atoms. The molecule has 1 aliphatic rings. The highest BCUT2D eigenvalue weighted by Crippen LogP contribution is 2.27. The topological polar surface area (TPSA) is 35.8 Å². The fourth-order valence-electron chi connectivity index (χ4n) is 2.65. The maximum absolute atomic E-state index is 8.93. The molecule has 0 bridgehead atoms. The van der Waals surface area contributed by atoms with Gasteiger partial charge in [-0.2, -0.15) is 5.26 Å². The first-order valence-electron chi connectivity index (χ1n) is 7.14. The van der Waals surface area contributed by atoms with E-state index in [0.717, 1.165) is 19.4 Å². The van der Waals surface area contributed by atoms with Gasteiger partial charge in [-0.15, -0.1) is 0 Å². The van der Waals surface area contributed by atoms with Gasteiger partial charge < -0.3 is 5.32 Å². The molecule has 0 aromatic rings. The molecule has 0 heterocycles. The fourth-order valence-corrected chi connectivity index (χ4v) is 2.65. The van der Waals surface area contributed by atoms with Gasteiger partial charge in [0, 0.05) is 5.54 Å². The highest BCUT2D eigenvalue weighted by atomic mass is 15.0. The van der Waals surface area contributed by atoms with Gasteiger partial charge in [0.15, 0.2) is 0 Å². The molecule has 0 amide bonds. The summed E-state index contributed by atoms with van der Waals surface area (Å²) in [4.78, 5) is 0. The van der Waals surface area contributed by atoms with Crippen LogP contribution in [0.5, 0.6) is 0 Å². The first kappa shape index (κ1) is 14.5. The molecule has 1 rings (SSSR count). The Hall–Kier alpha value is -0.550. The molecular formula is C15H28N2. The van der Waals surface area contributed by atoms with Gasteiger partial charge in [-0.05, 0) is 53.0 Å². The summed E-state index contributed by atoms with van der Waals surface area (Å²) in [5.41, 5.74) is 0.248. The molecule has 2 nitrogen and oxygen atoms in total. The molecule has 0 aliphatic heterocycles. The zero-order valence-electron chi connectivity index (χ0n) is 11.8. The minimum atomic E-state index is -0.144. The molecule has 0 aromatic heterocycles. The van der Waals surface area contributed by atoms with E-state index in [4.69, 9.17) is 5.26 Å². The number of unbranched alkanes of at least 4 members (excludes halogenated alkanes) is 1. The van der Waals surface area contributed by atoms with Crippen molar-refractivity contribution in [3.63, 3.8) is 0 Å². The zero-order valence-corrected chi connectivity index (χ0v) is 11.8. The van der Waals surface area contributed by atoms with Gasteiger partial charge in [0.2, 0.25) is 0 Å². The third-order valence-electron chi connectivity index (χ3n) is 4.04. The van der Waals surface area contributed by atoms with Gasteiger partial charge >= 0.3 is 0 Å². The Balaban J connectivity index is 2.10. The van der Waals surface area contributed by atoms with Gasteiger partial charge in [0.1, 0.15) is 0 Å². The second-order valence-corrected chi connectivity index (χ2v) is 6.50. The van der Waals surface area contributed by atoms with E-state index in [2.05, 4.69) is 18.3 Å². The van der Waals surface area contributed by atoms with Crippen LogP contribution in [-0.2, 0) is 0 Å². The van der Waals surface area contributed by atoms with Crippen LogP contribution in [0.3, 0.4) is 0 Å². The Morgan fingerprint density at radius 3 is 2.41 bits per heavy atom. The summed E-state index contributed by atoms with van der Waals surface area (Å²) in [6.45, 7) is 7.54. The van der Waals surface area contributed by atoms with E-state index < -0.39 is 0 Å². The normalized spacial score (nSPS) is 19.9. The number of nitrogens with zero attached hydrogens (tertiary/aromatic N) is 1. The Morgan fingerprint density at radius 1 is 1.18 bits per heavy atom. The van der Waals surface area contributed by atoms with Crippen LogP contribution < -0.4 is 5.32 Å². The lowest BCUT2D eigenvalue weighted by molar-refractivity contribution is 0.252. The average Bonchev–Trinajstić information content (AvgIpc) is 2.29. The summed E-state index contributed by atoms with van der Waals surface area (Å²) in [7, 11) is 0. The Kier molecular flexibility index (Phi) is 5.46. The molecule has 17 heavy (non-hydrogen) atoms. The number of hydrogen-bond acceptors (Lipinski definition) is 2. The Morgan fingerprint density at radius 2 is 1.82 bits per heavy atom. The molecule has 1 N–H and O–H groups in total. The number of hydrogen-bond donors (Lipinski definition) is 1. The predicted molar refractivity (Wildman–Crippen MR) is 72.7 cm³/mol. The van der Waals surface area contributed by atoms with Gasteiger partial charge in [-0.25, -0.2) is 0 Å². The van der Waals surface area contributed by atoms with Gasteiger partial charge in [0.05, 0.1) is 11.5 Å². The summed E-state index contributed by atoms with van der Waals surface area (Å²) in [6.07, 6.45) is 10.2. The van der Waals surface area contributed by atoms with Gasteiger partial charge in [0.25, 0.3) is 0 Å². The van der Waals surface area contributed by atoms with Crippen LogP contribution in [0.2, 0.25) is 0 Å². The molecule has 0 atom stereocenters. The van der Waals surface area contributed by atoms with Crippen LogP contribution >= 0.6 is 0 Å². The molecule has 1 saturated carbocycles. The molecule has 2 heteroatoms. The molecule has 0 saturated heterocycles. The summed E-state index contributed by atoms with van der Waals surface area (Å²) in [5, 5.41) is 12.6. The van der Waals surface area contributed by atoms with Crippen molar-refractivity contribution in [2.45, 2.75) is 77.7 Å². The van der Waals surface area contributed by atoms with E-state index in [9.17, 15) is 0 Å². The van der Waals surface area contributed by atoms with Crippen LogP contribution in [0.15, 0.2) is 0 Å². The van der Waals surface area contributed by atoms with Crippen molar-refractivity contribution in [2.24, 2.45) is 5.41 Å². The van der Waals surface area contributed by atoms with Crippen LogP contribution in [-0.4, -0.2) is 12.1 Å². The molecular weight excluding hydrogens is 208 g/mol. The van der Waals surface area contributed by atoms with Crippen molar-refractivity contribution < 1.29 is 0 Å².